The largest absolute Gasteiger partial charge is 0.381 e. The summed E-state index contributed by atoms with van der Waals surface area (Å²) < 4.78 is 32.7. The molecular weight excluding hydrogens is 323 g/mol. The summed E-state index contributed by atoms with van der Waals surface area (Å²) in [5, 5.41) is 0.415. The van der Waals surface area contributed by atoms with Crippen molar-refractivity contribution in [3.63, 3.8) is 0 Å². The second-order valence-electron chi connectivity index (χ2n) is 4.59. The lowest BCUT2D eigenvalue weighted by Crippen LogP contribution is -2.39. The number of benzene rings is 1. The Hall–Kier alpha value is -0.370. The zero-order valence-electron chi connectivity index (χ0n) is 10.7. The Labute approximate surface area is 128 Å². The molecule has 5 nitrogen and oxygen atoms in total. The normalized spacial score (nSPS) is 17.4. The molecule has 0 aromatic heterocycles. The van der Waals surface area contributed by atoms with E-state index in [4.69, 9.17) is 33.7 Å². The molecule has 20 heavy (non-hydrogen) atoms. The zero-order valence-corrected chi connectivity index (χ0v) is 13.1. The van der Waals surface area contributed by atoms with E-state index in [1.54, 1.807) is 6.07 Å². The zero-order chi connectivity index (χ0) is 14.8. The van der Waals surface area contributed by atoms with Crippen molar-refractivity contribution in [2.45, 2.75) is 30.3 Å². The molecule has 8 heteroatoms. The average Bonchev–Trinajstić information content (AvgIpc) is 2.41. The molecule has 0 saturated carbocycles. The molecule has 1 saturated heterocycles. The molecule has 0 bridgehead atoms. The number of rotatable bonds is 4. The van der Waals surface area contributed by atoms with Gasteiger partial charge in [0.1, 0.15) is 4.90 Å². The first-order chi connectivity index (χ1) is 9.44. The van der Waals surface area contributed by atoms with Crippen LogP contribution in [0.25, 0.3) is 0 Å². The van der Waals surface area contributed by atoms with Gasteiger partial charge in [-0.2, -0.15) is 0 Å². The summed E-state index contributed by atoms with van der Waals surface area (Å²) in [6, 6.07) is 2.76. The van der Waals surface area contributed by atoms with E-state index in [-0.39, 0.29) is 22.5 Å². The molecule has 2 rings (SSSR count). The lowest BCUT2D eigenvalue weighted by atomic mass is 10.1. The molecule has 1 aliphatic heterocycles. The van der Waals surface area contributed by atoms with Crippen LogP contribution in [0.1, 0.15) is 18.4 Å². The SMILES string of the molecule is NCc1cc(Cl)cc(S(=O)(=O)NC2CCOCC2)c1Cl. The van der Waals surface area contributed by atoms with Gasteiger partial charge in [-0.05, 0) is 30.5 Å². The van der Waals surface area contributed by atoms with E-state index in [9.17, 15) is 8.42 Å². The molecule has 0 aliphatic carbocycles. The molecule has 1 aromatic carbocycles. The first-order valence-corrected chi connectivity index (χ1v) is 8.46. The minimum atomic E-state index is -3.72. The molecule has 1 aromatic rings. The van der Waals surface area contributed by atoms with Crippen molar-refractivity contribution in [2.24, 2.45) is 5.73 Å². The second kappa shape index (κ2) is 6.60. The van der Waals surface area contributed by atoms with Crippen LogP contribution in [0.5, 0.6) is 0 Å². The average molecular weight is 339 g/mol. The van der Waals surface area contributed by atoms with Crippen LogP contribution in [0.2, 0.25) is 10.0 Å². The number of nitrogens with one attached hydrogen (secondary N) is 1. The van der Waals surface area contributed by atoms with Crippen LogP contribution in [0.3, 0.4) is 0 Å². The fourth-order valence-electron chi connectivity index (χ4n) is 2.06. The maximum Gasteiger partial charge on any atom is 0.242 e. The van der Waals surface area contributed by atoms with Gasteiger partial charge in [0.15, 0.2) is 0 Å². The fourth-order valence-corrected chi connectivity index (χ4v) is 4.31. The van der Waals surface area contributed by atoms with Crippen molar-refractivity contribution < 1.29 is 13.2 Å². The summed E-state index contributed by atoms with van der Waals surface area (Å²) in [5.74, 6) is 0. The molecule has 1 heterocycles. The predicted molar refractivity (Wildman–Crippen MR) is 78.5 cm³/mol. The quantitative estimate of drug-likeness (QED) is 0.878. The fraction of sp³-hybridized carbons (Fsp3) is 0.500. The summed E-state index contributed by atoms with van der Waals surface area (Å²) in [6.07, 6.45) is 1.28. The van der Waals surface area contributed by atoms with Gasteiger partial charge in [0.05, 0.1) is 5.02 Å². The van der Waals surface area contributed by atoms with Crippen LogP contribution in [0.4, 0.5) is 0 Å². The maximum absolute atomic E-state index is 12.4. The van der Waals surface area contributed by atoms with E-state index in [2.05, 4.69) is 4.72 Å². The Morgan fingerprint density at radius 2 is 1.95 bits per heavy atom. The molecule has 0 atom stereocenters. The van der Waals surface area contributed by atoms with Gasteiger partial charge < -0.3 is 10.5 Å². The van der Waals surface area contributed by atoms with Crippen LogP contribution < -0.4 is 10.5 Å². The monoisotopic (exact) mass is 338 g/mol. The molecule has 0 unspecified atom stereocenters. The van der Waals surface area contributed by atoms with E-state index >= 15 is 0 Å². The minimum absolute atomic E-state index is 0.0291. The van der Waals surface area contributed by atoms with Gasteiger partial charge >= 0.3 is 0 Å². The van der Waals surface area contributed by atoms with Crippen molar-refractivity contribution >= 4 is 33.2 Å². The van der Waals surface area contributed by atoms with Crippen molar-refractivity contribution in [2.75, 3.05) is 13.2 Å². The first kappa shape index (κ1) is 16.0. The topological polar surface area (TPSA) is 81.4 Å². The van der Waals surface area contributed by atoms with Gasteiger partial charge in [-0.1, -0.05) is 23.2 Å². The number of hydrogen-bond donors (Lipinski definition) is 2. The second-order valence-corrected chi connectivity index (χ2v) is 7.09. The van der Waals surface area contributed by atoms with Gasteiger partial charge in [-0.15, -0.1) is 0 Å². The maximum atomic E-state index is 12.4. The van der Waals surface area contributed by atoms with E-state index in [1.807, 2.05) is 0 Å². The Balaban J connectivity index is 2.31. The van der Waals surface area contributed by atoms with E-state index in [0.29, 0.717) is 36.6 Å². The lowest BCUT2D eigenvalue weighted by molar-refractivity contribution is 0.0832. The summed E-state index contributed by atoms with van der Waals surface area (Å²) >= 11 is 12.0. The first-order valence-electron chi connectivity index (χ1n) is 6.22. The van der Waals surface area contributed by atoms with Gasteiger partial charge in [0.2, 0.25) is 10.0 Å². The molecule has 0 radical (unpaired) electrons. The van der Waals surface area contributed by atoms with Crippen LogP contribution in [-0.2, 0) is 21.3 Å². The molecule has 1 aliphatic rings. The molecule has 0 spiro atoms. The smallest absolute Gasteiger partial charge is 0.242 e. The summed E-state index contributed by atoms with van der Waals surface area (Å²) in [5.41, 5.74) is 6.05. The highest BCUT2D eigenvalue weighted by molar-refractivity contribution is 7.89. The molecule has 0 amide bonds. The van der Waals surface area contributed by atoms with Crippen molar-refractivity contribution in [1.29, 1.82) is 0 Å². The highest BCUT2D eigenvalue weighted by Gasteiger charge is 2.25. The van der Waals surface area contributed by atoms with Crippen LogP contribution >= 0.6 is 23.2 Å². The third kappa shape index (κ3) is 3.63. The molecule has 1 fully saturated rings. The van der Waals surface area contributed by atoms with E-state index < -0.39 is 10.0 Å². The van der Waals surface area contributed by atoms with Crippen LogP contribution in [0, 0.1) is 0 Å². The van der Waals surface area contributed by atoms with Gasteiger partial charge in [-0.3, -0.25) is 0 Å². The predicted octanol–water partition coefficient (Wildman–Crippen LogP) is 1.91. The van der Waals surface area contributed by atoms with Crippen molar-refractivity contribution in [3.8, 4) is 0 Å². The highest BCUT2D eigenvalue weighted by Crippen LogP contribution is 2.29. The summed E-state index contributed by atoms with van der Waals surface area (Å²) in [7, 11) is -3.72. The molecular formula is C12H16Cl2N2O3S. The van der Waals surface area contributed by atoms with Crippen molar-refractivity contribution in [3.05, 3.63) is 27.7 Å². The lowest BCUT2D eigenvalue weighted by Gasteiger charge is -2.23. The van der Waals surface area contributed by atoms with E-state index in [1.165, 1.54) is 6.07 Å². The number of ether oxygens (including phenoxy) is 1. The Kier molecular flexibility index (Phi) is 5.28. The molecule has 112 valence electrons. The highest BCUT2D eigenvalue weighted by atomic mass is 35.5. The third-order valence-corrected chi connectivity index (χ3v) is 5.45. The standard InChI is InChI=1S/C12H16Cl2N2O3S/c13-9-5-8(7-15)12(14)11(6-9)20(17,18)16-10-1-3-19-4-2-10/h5-6,10,16H,1-4,7,15H2. The summed E-state index contributed by atoms with van der Waals surface area (Å²) in [6.45, 7) is 1.22. The van der Waals surface area contributed by atoms with Gasteiger partial charge in [-0.25, -0.2) is 13.1 Å². The number of nitrogens with two attached hydrogens (primary N) is 1. The Bertz CT molecular complexity index is 587. The van der Waals surface area contributed by atoms with Crippen LogP contribution in [0.15, 0.2) is 17.0 Å². The number of hydrogen-bond acceptors (Lipinski definition) is 4. The minimum Gasteiger partial charge on any atom is -0.381 e. The van der Waals surface area contributed by atoms with E-state index in [0.717, 1.165) is 0 Å². The summed E-state index contributed by atoms with van der Waals surface area (Å²) in [4.78, 5) is -0.0291. The number of halogens is 2. The number of sulfonamides is 1. The Morgan fingerprint density at radius 3 is 2.55 bits per heavy atom. The van der Waals surface area contributed by atoms with Gasteiger partial charge in [0, 0.05) is 30.8 Å². The molecule has 3 N–H and O–H groups in total. The Morgan fingerprint density at radius 1 is 1.30 bits per heavy atom. The van der Waals surface area contributed by atoms with Crippen molar-refractivity contribution in [1.82, 2.24) is 4.72 Å². The van der Waals surface area contributed by atoms with Gasteiger partial charge in [0.25, 0.3) is 0 Å². The third-order valence-electron chi connectivity index (χ3n) is 3.13. The van der Waals surface area contributed by atoms with Crippen LogP contribution in [-0.4, -0.2) is 27.7 Å².